The van der Waals surface area contributed by atoms with Gasteiger partial charge in [-0.2, -0.15) is 13.2 Å². The second-order valence-electron chi connectivity index (χ2n) is 7.73. The molecule has 2 aromatic heterocycles. The minimum absolute atomic E-state index is 0.0686. The van der Waals surface area contributed by atoms with Crippen molar-refractivity contribution in [3.05, 3.63) is 83.7 Å². The highest BCUT2D eigenvalue weighted by atomic mass is 19.4. The minimum Gasteiger partial charge on any atom is -0.443 e. The van der Waals surface area contributed by atoms with Gasteiger partial charge in [-0.3, -0.25) is 0 Å². The molecule has 0 aliphatic rings. The average Bonchev–Trinajstić information content (AvgIpc) is 3.38. The largest absolute Gasteiger partial charge is 0.443 e. The Morgan fingerprint density at radius 1 is 0.806 bits per heavy atom. The van der Waals surface area contributed by atoms with Gasteiger partial charge in [0.05, 0.1) is 0 Å². The lowest BCUT2D eigenvalue weighted by atomic mass is 9.75. The fourth-order valence-corrected chi connectivity index (χ4v) is 3.72. The van der Waals surface area contributed by atoms with Crippen molar-refractivity contribution in [1.82, 2.24) is 9.97 Å². The van der Waals surface area contributed by atoms with Crippen molar-refractivity contribution in [3.63, 3.8) is 0 Å². The zero-order chi connectivity index (χ0) is 21.8. The lowest BCUT2D eigenvalue weighted by Gasteiger charge is -2.33. The Morgan fingerprint density at radius 3 is 2.13 bits per heavy atom. The molecule has 2 heterocycles. The van der Waals surface area contributed by atoms with Crippen LogP contribution in [0.25, 0.3) is 33.7 Å². The summed E-state index contributed by atoms with van der Waals surface area (Å²) >= 11 is 0. The molecule has 7 heteroatoms. The van der Waals surface area contributed by atoms with Crippen LogP contribution in [-0.2, 0) is 5.41 Å². The maximum absolute atomic E-state index is 14.4. The van der Waals surface area contributed by atoms with Gasteiger partial charge in [0.15, 0.2) is 17.6 Å². The topological polar surface area (TPSA) is 52.1 Å². The Kier molecular flexibility index (Phi) is 4.18. The summed E-state index contributed by atoms with van der Waals surface area (Å²) in [7, 11) is 0. The maximum atomic E-state index is 14.4. The third-order valence-electron chi connectivity index (χ3n) is 5.74. The summed E-state index contributed by atoms with van der Waals surface area (Å²) < 4.78 is 54.2. The molecule has 156 valence electrons. The Balaban J connectivity index is 1.65. The van der Waals surface area contributed by atoms with Crippen molar-refractivity contribution < 1.29 is 22.0 Å². The molecule has 1 atom stereocenters. The van der Waals surface area contributed by atoms with Crippen molar-refractivity contribution >= 4 is 22.2 Å². The molecule has 0 aliphatic heterocycles. The lowest BCUT2D eigenvalue weighted by Crippen LogP contribution is -2.40. The second-order valence-corrected chi connectivity index (χ2v) is 7.73. The van der Waals surface area contributed by atoms with Gasteiger partial charge in [-0.05, 0) is 61.4 Å². The van der Waals surface area contributed by atoms with E-state index in [9.17, 15) is 13.2 Å². The van der Waals surface area contributed by atoms with Crippen LogP contribution in [0.5, 0.6) is 0 Å². The quantitative estimate of drug-likeness (QED) is 0.320. The van der Waals surface area contributed by atoms with Gasteiger partial charge in [0.1, 0.15) is 16.4 Å². The number of hydrogen-bond donors (Lipinski definition) is 0. The molecule has 0 radical (unpaired) electrons. The van der Waals surface area contributed by atoms with Gasteiger partial charge in [0.25, 0.3) is 0 Å². The predicted octanol–water partition coefficient (Wildman–Crippen LogP) is 6.81. The fourth-order valence-electron chi connectivity index (χ4n) is 3.72. The summed E-state index contributed by atoms with van der Waals surface area (Å²) in [6.45, 7) is 3.13. The number of benzene rings is 3. The molecule has 0 aliphatic carbocycles. The molecule has 1 unspecified atom stereocenters. The summed E-state index contributed by atoms with van der Waals surface area (Å²) in [6, 6.07) is 16.3. The summed E-state index contributed by atoms with van der Waals surface area (Å²) in [6.07, 6.45) is -3.34. The standard InChI is InChI=1S/C24H17F3N2O2/c1-14-3-5-15(6-4-14)22-29-19-12-17(8-10-21(19)31-22)23(2,24(25,26)27)16-7-9-20-18(11-16)28-13-30-20/h3-13H,1-2H3. The van der Waals surface area contributed by atoms with Gasteiger partial charge in [-0.25, -0.2) is 9.97 Å². The minimum atomic E-state index is -4.55. The highest BCUT2D eigenvalue weighted by molar-refractivity contribution is 5.78. The summed E-state index contributed by atoms with van der Waals surface area (Å²) in [5.41, 5.74) is 1.33. The SMILES string of the molecule is Cc1ccc(-c2nc3cc(C(C)(c4ccc5ocnc5c4)C(F)(F)F)ccc3o2)cc1. The smallest absolute Gasteiger partial charge is 0.402 e. The van der Waals surface area contributed by atoms with E-state index in [0.29, 0.717) is 28.1 Å². The Bertz CT molecular complexity index is 1400. The first-order chi connectivity index (χ1) is 14.8. The Morgan fingerprint density at radius 2 is 1.45 bits per heavy atom. The van der Waals surface area contributed by atoms with Crippen LogP contribution in [-0.4, -0.2) is 16.1 Å². The highest BCUT2D eigenvalue weighted by Crippen LogP contribution is 2.47. The fraction of sp³-hybridized carbons (Fsp3) is 0.167. The van der Waals surface area contributed by atoms with E-state index in [0.717, 1.165) is 18.1 Å². The van der Waals surface area contributed by atoms with Gasteiger partial charge in [0.2, 0.25) is 5.89 Å². The summed E-state index contributed by atoms with van der Waals surface area (Å²) in [5, 5.41) is 0. The number of halogens is 3. The van der Waals surface area contributed by atoms with Crippen LogP contribution in [0.1, 0.15) is 23.6 Å². The number of fused-ring (bicyclic) bond motifs is 2. The van der Waals surface area contributed by atoms with Gasteiger partial charge in [-0.15, -0.1) is 0 Å². The molecule has 0 N–H and O–H groups in total. The third-order valence-corrected chi connectivity index (χ3v) is 5.74. The van der Waals surface area contributed by atoms with Crippen LogP contribution in [0.15, 0.2) is 75.9 Å². The highest BCUT2D eigenvalue weighted by Gasteiger charge is 2.53. The molecule has 0 bridgehead atoms. The van der Waals surface area contributed by atoms with Crippen LogP contribution in [0.4, 0.5) is 13.2 Å². The van der Waals surface area contributed by atoms with E-state index in [2.05, 4.69) is 9.97 Å². The van der Waals surface area contributed by atoms with Crippen molar-refractivity contribution in [3.8, 4) is 11.5 Å². The predicted molar refractivity (Wildman–Crippen MR) is 111 cm³/mol. The maximum Gasteiger partial charge on any atom is 0.402 e. The normalized spacial score (nSPS) is 14.2. The van der Waals surface area contributed by atoms with Crippen LogP contribution in [0.2, 0.25) is 0 Å². The molecule has 0 saturated carbocycles. The number of rotatable bonds is 3. The number of aryl methyl sites for hydroxylation is 1. The van der Waals surface area contributed by atoms with E-state index < -0.39 is 11.6 Å². The van der Waals surface area contributed by atoms with E-state index >= 15 is 0 Å². The van der Waals surface area contributed by atoms with E-state index in [4.69, 9.17) is 8.83 Å². The second kappa shape index (κ2) is 6.70. The van der Waals surface area contributed by atoms with Crippen LogP contribution in [0.3, 0.4) is 0 Å². The number of hydrogen-bond acceptors (Lipinski definition) is 4. The number of alkyl halides is 3. The van der Waals surface area contributed by atoms with Crippen molar-refractivity contribution in [1.29, 1.82) is 0 Å². The number of oxazole rings is 2. The van der Waals surface area contributed by atoms with Gasteiger partial charge in [-0.1, -0.05) is 29.8 Å². The number of nitrogens with zero attached hydrogens (tertiary/aromatic N) is 2. The first-order valence-electron chi connectivity index (χ1n) is 9.64. The van der Waals surface area contributed by atoms with Crippen LogP contribution < -0.4 is 0 Å². The molecule has 5 rings (SSSR count). The van der Waals surface area contributed by atoms with Crippen LogP contribution >= 0.6 is 0 Å². The molecule has 4 nitrogen and oxygen atoms in total. The van der Waals surface area contributed by atoms with Crippen molar-refractivity contribution in [2.45, 2.75) is 25.4 Å². The molecular formula is C24H17F3N2O2. The zero-order valence-corrected chi connectivity index (χ0v) is 16.7. The summed E-state index contributed by atoms with van der Waals surface area (Å²) in [4.78, 5) is 8.44. The molecule has 0 spiro atoms. The zero-order valence-electron chi connectivity index (χ0n) is 16.7. The van der Waals surface area contributed by atoms with E-state index in [1.807, 2.05) is 31.2 Å². The third kappa shape index (κ3) is 3.08. The van der Waals surface area contributed by atoms with Gasteiger partial charge < -0.3 is 8.83 Å². The molecule has 5 aromatic rings. The van der Waals surface area contributed by atoms with Crippen molar-refractivity contribution in [2.24, 2.45) is 0 Å². The van der Waals surface area contributed by atoms with E-state index in [1.165, 1.54) is 42.8 Å². The molecule has 3 aromatic carbocycles. The summed E-state index contributed by atoms with van der Waals surface area (Å²) in [5.74, 6) is 0.366. The first-order valence-corrected chi connectivity index (χ1v) is 9.64. The van der Waals surface area contributed by atoms with Crippen LogP contribution in [0, 0.1) is 6.92 Å². The monoisotopic (exact) mass is 422 g/mol. The first kappa shape index (κ1) is 19.4. The molecule has 0 fully saturated rings. The molecular weight excluding hydrogens is 405 g/mol. The van der Waals surface area contributed by atoms with Gasteiger partial charge >= 0.3 is 6.18 Å². The molecule has 0 amide bonds. The molecule has 0 saturated heterocycles. The number of aromatic nitrogens is 2. The average molecular weight is 422 g/mol. The van der Waals surface area contributed by atoms with Gasteiger partial charge in [0, 0.05) is 5.56 Å². The van der Waals surface area contributed by atoms with Crippen molar-refractivity contribution in [2.75, 3.05) is 0 Å². The Hall–Kier alpha value is -3.61. The Labute approximate surface area is 175 Å². The van der Waals surface area contributed by atoms with E-state index in [1.54, 1.807) is 0 Å². The lowest BCUT2D eigenvalue weighted by molar-refractivity contribution is -0.173. The molecule has 31 heavy (non-hydrogen) atoms. The van der Waals surface area contributed by atoms with E-state index in [-0.39, 0.29) is 11.1 Å².